The summed E-state index contributed by atoms with van der Waals surface area (Å²) >= 11 is 0. The van der Waals surface area contributed by atoms with Gasteiger partial charge in [-0.25, -0.2) is 0 Å². The molecule has 1 aromatic heterocycles. The summed E-state index contributed by atoms with van der Waals surface area (Å²) in [7, 11) is 0. The van der Waals surface area contributed by atoms with E-state index in [1.807, 2.05) is 47.5 Å². The maximum Gasteiger partial charge on any atom is 0.249 e. The second-order valence-electron chi connectivity index (χ2n) is 7.47. The molecule has 0 spiro atoms. The predicted molar refractivity (Wildman–Crippen MR) is 110 cm³/mol. The van der Waals surface area contributed by atoms with Gasteiger partial charge in [0.1, 0.15) is 6.61 Å². The number of likely N-dealkylation sites (tertiary alicyclic amines) is 1. The number of carbonyl (C=O) groups is 1. The van der Waals surface area contributed by atoms with Gasteiger partial charge in [0.05, 0.1) is 12.6 Å². The highest BCUT2D eigenvalue weighted by Crippen LogP contribution is 2.31. The van der Waals surface area contributed by atoms with Crippen LogP contribution in [0.5, 0.6) is 0 Å². The molecule has 1 atom stereocenters. The number of ether oxygens (including phenoxy) is 1. The first-order valence-electron chi connectivity index (χ1n) is 10.2. The number of morpholine rings is 1. The second kappa shape index (κ2) is 9.17. The highest BCUT2D eigenvalue weighted by Gasteiger charge is 2.32. The largest absolute Gasteiger partial charge is 0.369 e. The van der Waals surface area contributed by atoms with Crippen molar-refractivity contribution >= 4 is 17.3 Å². The fourth-order valence-electron chi connectivity index (χ4n) is 4.04. The maximum atomic E-state index is 12.7. The van der Waals surface area contributed by atoms with E-state index in [4.69, 9.17) is 4.74 Å². The van der Waals surface area contributed by atoms with Crippen molar-refractivity contribution in [3.8, 4) is 0 Å². The zero-order valence-electron chi connectivity index (χ0n) is 16.2. The molecule has 28 heavy (non-hydrogen) atoms. The minimum absolute atomic E-state index is 0.0581. The van der Waals surface area contributed by atoms with E-state index in [1.165, 1.54) is 19.3 Å². The molecule has 2 fully saturated rings. The number of benzene rings is 1. The summed E-state index contributed by atoms with van der Waals surface area (Å²) in [6.07, 6.45) is 7.46. The average molecular weight is 380 g/mol. The van der Waals surface area contributed by atoms with E-state index in [-0.39, 0.29) is 18.6 Å². The van der Waals surface area contributed by atoms with Crippen LogP contribution in [-0.2, 0) is 9.53 Å². The summed E-state index contributed by atoms with van der Waals surface area (Å²) in [6.45, 7) is 4.59. The molecule has 1 amide bonds. The summed E-state index contributed by atoms with van der Waals surface area (Å²) in [5.41, 5.74) is 2.98. The van der Waals surface area contributed by atoms with E-state index in [2.05, 4.69) is 15.2 Å². The highest BCUT2D eigenvalue weighted by molar-refractivity contribution is 5.79. The van der Waals surface area contributed by atoms with Gasteiger partial charge in [-0.05, 0) is 44.1 Å². The molecule has 6 heteroatoms. The number of piperidine rings is 1. The lowest BCUT2D eigenvalue weighted by Crippen LogP contribution is -2.48. The molecular weight excluding hydrogens is 352 g/mol. The first-order chi connectivity index (χ1) is 13.8. The Morgan fingerprint density at radius 2 is 1.89 bits per heavy atom. The van der Waals surface area contributed by atoms with Crippen molar-refractivity contribution in [2.45, 2.75) is 25.3 Å². The minimum atomic E-state index is -0.119. The predicted octanol–water partition coefficient (Wildman–Crippen LogP) is 3.21. The van der Waals surface area contributed by atoms with Gasteiger partial charge in [0.15, 0.2) is 0 Å². The van der Waals surface area contributed by atoms with Crippen LogP contribution in [0.25, 0.3) is 0 Å². The molecule has 2 aliphatic rings. The van der Waals surface area contributed by atoms with Crippen molar-refractivity contribution in [3.63, 3.8) is 0 Å². The fourth-order valence-corrected chi connectivity index (χ4v) is 4.04. The number of hydrogen-bond acceptors (Lipinski definition) is 5. The van der Waals surface area contributed by atoms with Crippen molar-refractivity contribution in [1.29, 1.82) is 0 Å². The van der Waals surface area contributed by atoms with Gasteiger partial charge in [0, 0.05) is 42.4 Å². The topological polar surface area (TPSA) is 57.7 Å². The molecule has 1 aromatic carbocycles. The first kappa shape index (κ1) is 18.9. The Balaban J connectivity index is 1.52. The van der Waals surface area contributed by atoms with Gasteiger partial charge in [0.25, 0.3) is 0 Å². The van der Waals surface area contributed by atoms with E-state index in [1.54, 1.807) is 6.20 Å². The molecule has 2 aliphatic heterocycles. The van der Waals surface area contributed by atoms with Crippen molar-refractivity contribution < 1.29 is 9.53 Å². The van der Waals surface area contributed by atoms with Crippen LogP contribution in [0, 0.1) is 0 Å². The number of pyridine rings is 1. The standard InChI is InChI=1S/C22H28N4O2/c27-22-17-28-16-21(26(22)14-13-25-11-5-2-6-12-25)19-15-23-10-9-20(19)24-18-7-3-1-4-8-18/h1,3-4,7-10,15,21H,2,5-6,11-14,16-17H2,(H,23,24). The summed E-state index contributed by atoms with van der Waals surface area (Å²) in [5.74, 6) is 0.0581. The maximum absolute atomic E-state index is 12.7. The lowest BCUT2D eigenvalue weighted by molar-refractivity contribution is -0.148. The molecule has 0 bridgehead atoms. The number of nitrogens with zero attached hydrogens (tertiary/aromatic N) is 3. The Morgan fingerprint density at radius 1 is 1.07 bits per heavy atom. The molecule has 4 rings (SSSR count). The molecule has 1 unspecified atom stereocenters. The second-order valence-corrected chi connectivity index (χ2v) is 7.47. The molecule has 0 saturated carbocycles. The number of nitrogens with one attached hydrogen (secondary N) is 1. The summed E-state index contributed by atoms with van der Waals surface area (Å²) < 4.78 is 5.62. The molecule has 3 heterocycles. The summed E-state index contributed by atoms with van der Waals surface area (Å²) in [5, 5.41) is 3.47. The Labute approximate surface area is 166 Å². The van der Waals surface area contributed by atoms with E-state index >= 15 is 0 Å². The lowest BCUT2D eigenvalue weighted by atomic mass is 10.0. The molecule has 1 N–H and O–H groups in total. The third-order valence-corrected chi connectivity index (χ3v) is 5.57. The normalized spacial score (nSPS) is 20.9. The smallest absolute Gasteiger partial charge is 0.249 e. The van der Waals surface area contributed by atoms with Crippen molar-refractivity contribution in [2.75, 3.05) is 44.7 Å². The minimum Gasteiger partial charge on any atom is -0.369 e. The first-order valence-corrected chi connectivity index (χ1v) is 10.2. The van der Waals surface area contributed by atoms with Gasteiger partial charge >= 0.3 is 0 Å². The third kappa shape index (κ3) is 4.51. The zero-order valence-corrected chi connectivity index (χ0v) is 16.2. The molecule has 148 valence electrons. The molecule has 2 saturated heterocycles. The lowest BCUT2D eigenvalue weighted by Gasteiger charge is -2.38. The highest BCUT2D eigenvalue weighted by atomic mass is 16.5. The van der Waals surface area contributed by atoms with Gasteiger partial charge in [-0.2, -0.15) is 0 Å². The number of carbonyl (C=O) groups excluding carboxylic acids is 1. The van der Waals surface area contributed by atoms with Gasteiger partial charge in [-0.1, -0.05) is 24.6 Å². The van der Waals surface area contributed by atoms with Crippen LogP contribution in [0.15, 0.2) is 48.8 Å². The van der Waals surface area contributed by atoms with Crippen LogP contribution in [-0.4, -0.2) is 60.1 Å². The number of aromatic nitrogens is 1. The van der Waals surface area contributed by atoms with E-state index in [9.17, 15) is 4.79 Å². The number of hydrogen-bond donors (Lipinski definition) is 1. The summed E-state index contributed by atoms with van der Waals surface area (Å²) in [6, 6.07) is 11.9. The average Bonchev–Trinajstić information content (AvgIpc) is 2.75. The van der Waals surface area contributed by atoms with Crippen LogP contribution in [0.4, 0.5) is 11.4 Å². The van der Waals surface area contributed by atoms with Crippen molar-refractivity contribution in [2.24, 2.45) is 0 Å². The van der Waals surface area contributed by atoms with Crippen LogP contribution in [0.1, 0.15) is 30.9 Å². The number of rotatable bonds is 6. The van der Waals surface area contributed by atoms with E-state index < -0.39 is 0 Å². The van der Waals surface area contributed by atoms with Crippen LogP contribution >= 0.6 is 0 Å². The van der Waals surface area contributed by atoms with Crippen LogP contribution < -0.4 is 5.32 Å². The van der Waals surface area contributed by atoms with Gasteiger partial charge in [-0.15, -0.1) is 0 Å². The Kier molecular flexibility index (Phi) is 6.19. The van der Waals surface area contributed by atoms with Crippen molar-refractivity contribution in [3.05, 3.63) is 54.4 Å². The van der Waals surface area contributed by atoms with E-state index in [0.29, 0.717) is 6.61 Å². The molecule has 6 nitrogen and oxygen atoms in total. The van der Waals surface area contributed by atoms with Crippen LogP contribution in [0.2, 0.25) is 0 Å². The summed E-state index contributed by atoms with van der Waals surface area (Å²) in [4.78, 5) is 21.4. The van der Waals surface area contributed by atoms with Gasteiger partial charge < -0.3 is 19.9 Å². The van der Waals surface area contributed by atoms with Gasteiger partial charge in [0.2, 0.25) is 5.91 Å². The number of anilines is 2. The zero-order chi connectivity index (χ0) is 19.2. The third-order valence-electron chi connectivity index (χ3n) is 5.57. The molecule has 0 radical (unpaired) electrons. The molecular formula is C22H28N4O2. The SMILES string of the molecule is O=C1COCC(c2cnccc2Nc2ccccc2)N1CCN1CCCCC1. The Hall–Kier alpha value is -2.44. The Bertz CT molecular complexity index is 777. The number of para-hydroxylation sites is 1. The monoisotopic (exact) mass is 380 g/mol. The van der Waals surface area contributed by atoms with Gasteiger partial charge in [-0.3, -0.25) is 9.78 Å². The number of amides is 1. The molecule has 2 aromatic rings. The fraction of sp³-hybridized carbons (Fsp3) is 0.455. The Morgan fingerprint density at radius 3 is 2.71 bits per heavy atom. The quantitative estimate of drug-likeness (QED) is 0.834. The molecule has 0 aliphatic carbocycles. The van der Waals surface area contributed by atoms with Crippen molar-refractivity contribution in [1.82, 2.24) is 14.8 Å². The van der Waals surface area contributed by atoms with Crippen LogP contribution in [0.3, 0.4) is 0 Å². The van der Waals surface area contributed by atoms with E-state index in [0.717, 1.165) is 43.1 Å².